The van der Waals surface area contributed by atoms with E-state index >= 15 is 0 Å². The van der Waals surface area contributed by atoms with Crippen LogP contribution in [-0.4, -0.2) is 61.2 Å². The molecule has 0 radical (unpaired) electrons. The average molecular weight is 513 g/mol. The van der Waals surface area contributed by atoms with E-state index in [1.165, 1.54) is 7.05 Å². The number of fused-ring (bicyclic) bond motifs is 2. The second-order valence-electron chi connectivity index (χ2n) is 10.2. The summed E-state index contributed by atoms with van der Waals surface area (Å²) in [5.74, 6) is 0.354. The van der Waals surface area contributed by atoms with E-state index in [1.54, 1.807) is 29.1 Å². The third-order valence-electron chi connectivity index (χ3n) is 7.89. The number of carbonyl (C=O) groups is 2. The number of hydrogen-bond donors (Lipinski definition) is 4. The quantitative estimate of drug-likeness (QED) is 0.276. The summed E-state index contributed by atoms with van der Waals surface area (Å²) in [5, 5.41) is 27.9. The smallest absolute Gasteiger partial charge is 0.229 e. The van der Waals surface area contributed by atoms with Gasteiger partial charge >= 0.3 is 0 Å². The first-order valence-corrected chi connectivity index (χ1v) is 12.6. The van der Waals surface area contributed by atoms with Crippen molar-refractivity contribution < 1.29 is 19.8 Å². The van der Waals surface area contributed by atoms with E-state index in [0.717, 1.165) is 17.4 Å². The van der Waals surface area contributed by atoms with Gasteiger partial charge in [0.2, 0.25) is 5.91 Å². The first-order chi connectivity index (χ1) is 18.4. The van der Waals surface area contributed by atoms with E-state index < -0.39 is 23.7 Å². The Labute approximate surface area is 218 Å². The summed E-state index contributed by atoms with van der Waals surface area (Å²) >= 11 is 0. The molecule has 1 unspecified atom stereocenters. The van der Waals surface area contributed by atoms with Crippen LogP contribution in [0, 0.1) is 18.3 Å². The van der Waals surface area contributed by atoms with E-state index in [-0.39, 0.29) is 11.8 Å². The maximum absolute atomic E-state index is 12.6. The number of nitrogens with one attached hydrogen (secondary N) is 2. The molecule has 10 heteroatoms. The number of amides is 1. The fourth-order valence-electron chi connectivity index (χ4n) is 5.93. The Kier molecular flexibility index (Phi) is 5.73. The lowest BCUT2D eigenvalue weighted by atomic mass is 9.98. The molecule has 2 fully saturated rings. The molecule has 2 aliphatic carbocycles. The number of nitrogens with zero attached hydrogens (tertiary/aromatic N) is 4. The Hall–Kier alpha value is -4.15. The zero-order valence-electron chi connectivity index (χ0n) is 21.0. The molecule has 4 aromatic rings. The molecule has 2 aliphatic rings. The van der Waals surface area contributed by atoms with Crippen molar-refractivity contribution in [3.8, 4) is 11.4 Å². The number of aldehydes is 1. The third kappa shape index (κ3) is 3.67. The summed E-state index contributed by atoms with van der Waals surface area (Å²) < 4.78 is 1.75. The van der Waals surface area contributed by atoms with Gasteiger partial charge in [-0.25, -0.2) is 15.0 Å². The number of rotatable bonds is 7. The van der Waals surface area contributed by atoms with E-state index in [9.17, 15) is 19.8 Å². The molecule has 0 spiro atoms. The Bertz CT molecular complexity index is 1570. The highest BCUT2D eigenvalue weighted by atomic mass is 16.3. The average Bonchev–Trinajstić information content (AvgIpc) is 3.47. The zero-order valence-corrected chi connectivity index (χ0v) is 21.0. The lowest BCUT2D eigenvalue weighted by molar-refractivity contribution is -0.132. The molecule has 1 amide bonds. The number of imidazole rings is 1. The third-order valence-corrected chi connectivity index (χ3v) is 7.89. The minimum atomic E-state index is -1.20. The largest absolute Gasteiger partial charge is 0.389 e. The molecule has 2 heterocycles. The topological polar surface area (TPSA) is 142 Å². The van der Waals surface area contributed by atoms with E-state index in [0.29, 0.717) is 46.9 Å². The molecule has 194 valence electrons. The monoisotopic (exact) mass is 512 g/mol. The summed E-state index contributed by atoms with van der Waals surface area (Å²) in [6.07, 6.45) is 0.461. The summed E-state index contributed by atoms with van der Waals surface area (Å²) in [6, 6.07) is 14.6. The van der Waals surface area contributed by atoms with Crippen molar-refractivity contribution in [2.75, 3.05) is 12.4 Å². The lowest BCUT2D eigenvalue weighted by Gasteiger charge is -2.23. The van der Waals surface area contributed by atoms with Crippen LogP contribution in [0.4, 0.5) is 5.82 Å². The van der Waals surface area contributed by atoms with Crippen LogP contribution < -0.4 is 10.6 Å². The van der Waals surface area contributed by atoms with E-state index in [2.05, 4.69) is 21.7 Å². The van der Waals surface area contributed by atoms with Crippen LogP contribution in [0.3, 0.4) is 0 Å². The fourth-order valence-corrected chi connectivity index (χ4v) is 5.93. The van der Waals surface area contributed by atoms with Crippen LogP contribution in [-0.2, 0) is 11.3 Å². The number of aliphatic hydroxyl groups is 2. The molecule has 0 saturated heterocycles. The number of anilines is 1. The summed E-state index contributed by atoms with van der Waals surface area (Å²) in [6.45, 7) is 2.53. The van der Waals surface area contributed by atoms with Gasteiger partial charge in [-0.05, 0) is 25.0 Å². The molecular formula is C28H28N6O4. The SMILES string of the molecule is CNC(=O)[C@]12CC1[C@@H](n1cnc3c(NCc4cccc(C)c4)nc(-c4cccc(C=O)c4)nc31)[C@H](O)[C@@H]2O. The van der Waals surface area contributed by atoms with Crippen LogP contribution in [0.5, 0.6) is 0 Å². The van der Waals surface area contributed by atoms with Gasteiger partial charge < -0.3 is 25.4 Å². The van der Waals surface area contributed by atoms with Gasteiger partial charge in [0.25, 0.3) is 0 Å². The minimum absolute atomic E-state index is 0.259. The van der Waals surface area contributed by atoms with Crippen LogP contribution in [0.1, 0.15) is 33.9 Å². The number of hydrogen-bond acceptors (Lipinski definition) is 8. The van der Waals surface area contributed by atoms with Crippen molar-refractivity contribution in [1.82, 2.24) is 24.8 Å². The molecule has 0 bridgehead atoms. The first-order valence-electron chi connectivity index (χ1n) is 12.6. The summed E-state index contributed by atoms with van der Waals surface area (Å²) in [7, 11) is 1.53. The Morgan fingerprint density at radius 2 is 2.00 bits per heavy atom. The molecule has 10 nitrogen and oxygen atoms in total. The molecular weight excluding hydrogens is 484 g/mol. The Morgan fingerprint density at radius 1 is 1.18 bits per heavy atom. The second kappa shape index (κ2) is 9.00. The number of carbonyl (C=O) groups excluding carboxylic acids is 2. The van der Waals surface area contributed by atoms with Crippen LogP contribution in [0.25, 0.3) is 22.6 Å². The van der Waals surface area contributed by atoms with Gasteiger partial charge in [0.1, 0.15) is 17.9 Å². The number of aromatic nitrogens is 4. The van der Waals surface area contributed by atoms with E-state index in [4.69, 9.17) is 9.97 Å². The van der Waals surface area contributed by atoms with Gasteiger partial charge in [-0.15, -0.1) is 0 Å². The molecule has 6 rings (SSSR count). The predicted molar refractivity (Wildman–Crippen MR) is 140 cm³/mol. The minimum Gasteiger partial charge on any atom is -0.389 e. The number of aryl methyl sites for hydroxylation is 1. The van der Waals surface area contributed by atoms with Crippen LogP contribution >= 0.6 is 0 Å². The second-order valence-corrected chi connectivity index (χ2v) is 10.2. The highest BCUT2D eigenvalue weighted by Crippen LogP contribution is 2.67. The molecule has 2 saturated carbocycles. The van der Waals surface area contributed by atoms with Gasteiger partial charge in [-0.2, -0.15) is 0 Å². The van der Waals surface area contributed by atoms with E-state index in [1.807, 2.05) is 31.2 Å². The zero-order chi connectivity index (χ0) is 26.6. The normalized spacial score (nSPS) is 25.7. The van der Waals surface area contributed by atoms with Crippen molar-refractivity contribution in [3.63, 3.8) is 0 Å². The molecule has 5 atom stereocenters. The number of benzene rings is 2. The van der Waals surface area contributed by atoms with Gasteiger partial charge in [-0.3, -0.25) is 9.59 Å². The van der Waals surface area contributed by atoms with Crippen molar-refractivity contribution in [2.24, 2.45) is 11.3 Å². The lowest BCUT2D eigenvalue weighted by Crippen LogP contribution is -2.41. The predicted octanol–water partition coefficient (Wildman–Crippen LogP) is 2.26. The van der Waals surface area contributed by atoms with Gasteiger partial charge in [0.15, 0.2) is 17.3 Å². The standard InChI is InChI=1S/C28H28N6O4/c1-15-5-3-6-16(9-15)12-30-25-20-26(33-24(32-25)18-8-4-7-17(10-18)13-35)34(14-31-20)21-19-11-28(19,27(38)29-2)23(37)22(21)36/h3-10,13-14,19,21-23,36-37H,11-12H2,1-2H3,(H,29,38)(H,30,32,33)/t19?,21-,22+,23+,28-/m1/s1. The molecule has 38 heavy (non-hydrogen) atoms. The highest BCUT2D eigenvalue weighted by molar-refractivity contribution is 5.89. The number of aliphatic hydroxyl groups excluding tert-OH is 2. The van der Waals surface area contributed by atoms with Crippen LogP contribution in [0.15, 0.2) is 54.9 Å². The fraction of sp³-hybridized carbons (Fsp3) is 0.321. The Balaban J connectivity index is 1.45. The van der Waals surface area contributed by atoms with Crippen molar-refractivity contribution in [2.45, 2.75) is 38.1 Å². The molecule has 4 N–H and O–H groups in total. The van der Waals surface area contributed by atoms with Crippen molar-refractivity contribution in [1.29, 1.82) is 0 Å². The Morgan fingerprint density at radius 3 is 2.76 bits per heavy atom. The highest BCUT2D eigenvalue weighted by Gasteiger charge is 2.75. The maximum atomic E-state index is 12.6. The maximum Gasteiger partial charge on any atom is 0.229 e. The summed E-state index contributed by atoms with van der Waals surface area (Å²) in [4.78, 5) is 38.2. The summed E-state index contributed by atoms with van der Waals surface area (Å²) in [5.41, 5.74) is 3.32. The van der Waals surface area contributed by atoms with Gasteiger partial charge in [-0.1, -0.05) is 48.0 Å². The first kappa shape index (κ1) is 24.2. The van der Waals surface area contributed by atoms with Gasteiger partial charge in [0.05, 0.1) is 23.9 Å². The van der Waals surface area contributed by atoms with Crippen molar-refractivity contribution in [3.05, 3.63) is 71.5 Å². The molecule has 2 aromatic heterocycles. The molecule has 2 aromatic carbocycles. The van der Waals surface area contributed by atoms with Crippen molar-refractivity contribution >= 4 is 29.2 Å². The molecule has 0 aliphatic heterocycles. The van der Waals surface area contributed by atoms with Crippen LogP contribution in [0.2, 0.25) is 0 Å². The van der Waals surface area contributed by atoms with Gasteiger partial charge in [0, 0.05) is 30.6 Å².